The van der Waals surface area contributed by atoms with Crippen LogP contribution >= 0.6 is 0 Å². The van der Waals surface area contributed by atoms with Crippen LogP contribution in [0.3, 0.4) is 0 Å². The van der Waals surface area contributed by atoms with Gasteiger partial charge in [-0.2, -0.15) is 5.26 Å². The van der Waals surface area contributed by atoms with Gasteiger partial charge in [0.05, 0.1) is 17.4 Å². The van der Waals surface area contributed by atoms with Crippen LogP contribution in [0.15, 0.2) is 36.9 Å². The summed E-state index contributed by atoms with van der Waals surface area (Å²) in [5, 5.41) is 8.74. The molecule has 2 N–H and O–H groups in total. The molecule has 0 aromatic carbocycles. The van der Waals surface area contributed by atoms with E-state index in [2.05, 4.69) is 9.97 Å². The number of aromatic nitrogens is 2. The quantitative estimate of drug-likeness (QED) is 0.751. The van der Waals surface area contributed by atoms with Gasteiger partial charge in [0.15, 0.2) is 0 Å². The zero-order chi connectivity index (χ0) is 10.7. The molecule has 4 heteroatoms. The van der Waals surface area contributed by atoms with Gasteiger partial charge in [-0.25, -0.2) is 0 Å². The maximum atomic E-state index is 8.74. The number of anilines is 1. The van der Waals surface area contributed by atoms with Crippen LogP contribution in [0.5, 0.6) is 0 Å². The Hall–Kier alpha value is -2.41. The molecule has 2 rings (SSSR count). The fourth-order valence-corrected chi connectivity index (χ4v) is 1.32. The molecule has 2 heterocycles. The van der Waals surface area contributed by atoms with Crippen molar-refractivity contribution in [2.45, 2.75) is 0 Å². The van der Waals surface area contributed by atoms with E-state index < -0.39 is 0 Å². The molecule has 0 atom stereocenters. The van der Waals surface area contributed by atoms with Crippen LogP contribution in [0.4, 0.5) is 5.69 Å². The molecular formula is C11H8N4. The highest BCUT2D eigenvalue weighted by Crippen LogP contribution is 2.24. The van der Waals surface area contributed by atoms with Crippen molar-refractivity contribution < 1.29 is 0 Å². The largest absolute Gasteiger partial charge is 0.397 e. The van der Waals surface area contributed by atoms with Gasteiger partial charge in [0, 0.05) is 29.7 Å². The number of nitrogen functional groups attached to an aromatic ring is 1. The summed E-state index contributed by atoms with van der Waals surface area (Å²) in [6.07, 6.45) is 6.42. The second kappa shape index (κ2) is 3.76. The molecule has 2 aromatic rings. The maximum Gasteiger partial charge on any atom is 0.101 e. The lowest BCUT2D eigenvalue weighted by molar-refractivity contribution is 1.29. The molecule has 0 aliphatic carbocycles. The molecule has 0 unspecified atom stereocenters. The van der Waals surface area contributed by atoms with Gasteiger partial charge in [-0.1, -0.05) is 0 Å². The summed E-state index contributed by atoms with van der Waals surface area (Å²) in [6.45, 7) is 0. The predicted octanol–water partition coefficient (Wildman–Crippen LogP) is 1.60. The van der Waals surface area contributed by atoms with E-state index in [0.717, 1.165) is 11.1 Å². The molecule has 0 saturated carbocycles. The van der Waals surface area contributed by atoms with E-state index in [1.165, 1.54) is 6.20 Å². The smallest absolute Gasteiger partial charge is 0.101 e. The number of hydrogen-bond donors (Lipinski definition) is 1. The summed E-state index contributed by atoms with van der Waals surface area (Å²) < 4.78 is 0. The first-order chi connectivity index (χ1) is 7.31. The fourth-order valence-electron chi connectivity index (χ4n) is 1.32. The summed E-state index contributed by atoms with van der Waals surface area (Å²) in [5.41, 5.74) is 8.54. The number of nitrogens with two attached hydrogens (primary N) is 1. The van der Waals surface area contributed by atoms with Gasteiger partial charge in [0.25, 0.3) is 0 Å². The second-order valence-electron chi connectivity index (χ2n) is 3.04. The van der Waals surface area contributed by atoms with Gasteiger partial charge in [0.2, 0.25) is 0 Å². The highest BCUT2D eigenvalue weighted by Gasteiger charge is 2.03. The Morgan fingerprint density at radius 1 is 1.20 bits per heavy atom. The van der Waals surface area contributed by atoms with Gasteiger partial charge in [0.1, 0.15) is 6.07 Å². The van der Waals surface area contributed by atoms with Crippen LogP contribution in [0.25, 0.3) is 11.1 Å². The third-order valence-corrected chi connectivity index (χ3v) is 2.03. The monoisotopic (exact) mass is 196 g/mol. The Balaban J connectivity index is 2.55. The van der Waals surface area contributed by atoms with Gasteiger partial charge in [-0.3, -0.25) is 9.97 Å². The van der Waals surface area contributed by atoms with Crippen LogP contribution in [-0.2, 0) is 0 Å². The van der Waals surface area contributed by atoms with Gasteiger partial charge in [-0.15, -0.1) is 0 Å². The number of hydrogen-bond acceptors (Lipinski definition) is 4. The lowest BCUT2D eigenvalue weighted by Crippen LogP contribution is -1.91. The van der Waals surface area contributed by atoms with Crippen molar-refractivity contribution in [1.29, 1.82) is 5.26 Å². The van der Waals surface area contributed by atoms with Crippen molar-refractivity contribution in [3.8, 4) is 17.2 Å². The normalized spacial score (nSPS) is 9.53. The second-order valence-corrected chi connectivity index (χ2v) is 3.04. The topological polar surface area (TPSA) is 75.6 Å². The molecule has 0 bridgehead atoms. The molecule has 72 valence electrons. The lowest BCUT2D eigenvalue weighted by Gasteiger charge is -2.03. The van der Waals surface area contributed by atoms with Gasteiger partial charge >= 0.3 is 0 Å². The van der Waals surface area contributed by atoms with E-state index in [1.54, 1.807) is 30.7 Å². The molecule has 0 aliphatic heterocycles. The molecule has 0 saturated heterocycles. The summed E-state index contributed by atoms with van der Waals surface area (Å²) in [4.78, 5) is 7.88. The number of nitriles is 1. The van der Waals surface area contributed by atoms with Crippen molar-refractivity contribution in [2.24, 2.45) is 0 Å². The number of nitrogens with zero attached hydrogens (tertiary/aromatic N) is 3. The van der Waals surface area contributed by atoms with Crippen LogP contribution in [0, 0.1) is 11.3 Å². The minimum absolute atomic E-state index is 0.517. The minimum atomic E-state index is 0.517. The molecule has 0 aliphatic rings. The third-order valence-electron chi connectivity index (χ3n) is 2.03. The number of rotatable bonds is 1. The minimum Gasteiger partial charge on any atom is -0.397 e. The van der Waals surface area contributed by atoms with Crippen molar-refractivity contribution in [3.05, 3.63) is 42.5 Å². The third kappa shape index (κ3) is 1.76. The maximum absolute atomic E-state index is 8.74. The van der Waals surface area contributed by atoms with Crippen LogP contribution in [-0.4, -0.2) is 9.97 Å². The molecule has 4 nitrogen and oxygen atoms in total. The van der Waals surface area contributed by atoms with Crippen molar-refractivity contribution in [3.63, 3.8) is 0 Å². The Kier molecular flexibility index (Phi) is 2.30. The Morgan fingerprint density at radius 3 is 2.80 bits per heavy atom. The van der Waals surface area contributed by atoms with E-state index in [1.807, 2.05) is 6.07 Å². The molecule has 0 amide bonds. The average Bonchev–Trinajstić information content (AvgIpc) is 2.30. The fraction of sp³-hybridized carbons (Fsp3) is 0. The Bertz CT molecular complexity index is 528. The molecule has 2 aromatic heterocycles. The first-order valence-electron chi connectivity index (χ1n) is 4.36. The summed E-state index contributed by atoms with van der Waals surface area (Å²) in [7, 11) is 0. The van der Waals surface area contributed by atoms with E-state index in [-0.39, 0.29) is 0 Å². The molecule has 0 fully saturated rings. The van der Waals surface area contributed by atoms with E-state index in [9.17, 15) is 0 Å². The van der Waals surface area contributed by atoms with Crippen LogP contribution in [0.2, 0.25) is 0 Å². The average molecular weight is 196 g/mol. The predicted molar refractivity (Wildman–Crippen MR) is 56.6 cm³/mol. The zero-order valence-corrected chi connectivity index (χ0v) is 7.88. The van der Waals surface area contributed by atoms with Gasteiger partial charge < -0.3 is 5.73 Å². The molecular weight excluding hydrogens is 188 g/mol. The van der Waals surface area contributed by atoms with E-state index >= 15 is 0 Å². The van der Waals surface area contributed by atoms with Crippen LogP contribution in [0.1, 0.15) is 5.56 Å². The van der Waals surface area contributed by atoms with E-state index in [0.29, 0.717) is 11.3 Å². The first-order valence-corrected chi connectivity index (χ1v) is 4.36. The molecule has 15 heavy (non-hydrogen) atoms. The van der Waals surface area contributed by atoms with Crippen molar-refractivity contribution in [1.82, 2.24) is 9.97 Å². The molecule has 0 spiro atoms. The summed E-state index contributed by atoms with van der Waals surface area (Å²) >= 11 is 0. The highest BCUT2D eigenvalue weighted by molar-refractivity contribution is 5.75. The molecule has 0 radical (unpaired) electrons. The van der Waals surface area contributed by atoms with E-state index in [4.69, 9.17) is 11.0 Å². The standard InChI is InChI=1S/C11H8N4/c12-4-8-3-9(6-15-5-8)10-1-2-14-7-11(10)13/h1-3,5-7H,13H2. The SMILES string of the molecule is N#Cc1cncc(-c2ccncc2N)c1. The Labute approximate surface area is 87.0 Å². The number of pyridine rings is 2. The Morgan fingerprint density at radius 2 is 2.07 bits per heavy atom. The first kappa shape index (κ1) is 9.16. The summed E-state index contributed by atoms with van der Waals surface area (Å²) in [5.74, 6) is 0. The zero-order valence-electron chi connectivity index (χ0n) is 7.88. The lowest BCUT2D eigenvalue weighted by atomic mass is 10.1. The summed E-state index contributed by atoms with van der Waals surface area (Å²) in [6, 6.07) is 5.59. The van der Waals surface area contributed by atoms with Gasteiger partial charge in [-0.05, 0) is 12.1 Å². The van der Waals surface area contributed by atoms with Crippen molar-refractivity contribution in [2.75, 3.05) is 5.73 Å². The van der Waals surface area contributed by atoms with Crippen LogP contribution < -0.4 is 5.73 Å². The highest BCUT2D eigenvalue weighted by atomic mass is 14.7. The van der Waals surface area contributed by atoms with Crippen molar-refractivity contribution >= 4 is 5.69 Å².